The van der Waals surface area contributed by atoms with Gasteiger partial charge in [0.1, 0.15) is 28.5 Å². The van der Waals surface area contributed by atoms with Crippen LogP contribution in [-0.2, 0) is 15.7 Å². The number of pyridine rings is 1. The maximum Gasteiger partial charge on any atom is 0.433 e. The molecular weight excluding hydrogens is 413 g/mol. The zero-order valence-electron chi connectivity index (χ0n) is 15.3. The Kier molecular flexibility index (Phi) is 7.36. The van der Waals surface area contributed by atoms with Gasteiger partial charge in [-0.25, -0.2) is 4.98 Å². The lowest BCUT2D eigenvalue weighted by atomic mass is 10.0. The van der Waals surface area contributed by atoms with Gasteiger partial charge in [0.2, 0.25) is 0 Å². The van der Waals surface area contributed by atoms with Gasteiger partial charge in [0.05, 0.1) is 18.6 Å². The van der Waals surface area contributed by atoms with Crippen LogP contribution in [0.5, 0.6) is 5.75 Å². The van der Waals surface area contributed by atoms with E-state index in [2.05, 4.69) is 9.98 Å². The molecule has 28 heavy (non-hydrogen) atoms. The van der Waals surface area contributed by atoms with E-state index in [4.69, 9.17) is 21.7 Å². The number of halogens is 3. The maximum absolute atomic E-state index is 13.0. The molecule has 0 N–H and O–H groups in total. The molecule has 0 aliphatic heterocycles. The summed E-state index contributed by atoms with van der Waals surface area (Å²) in [5, 5.41) is 0.796. The number of thioether (sulfide) groups is 1. The first kappa shape index (κ1) is 22.1. The number of nitrogens with zero attached hydrogens (tertiary/aromatic N) is 2. The number of benzene rings is 1. The van der Waals surface area contributed by atoms with E-state index < -0.39 is 17.8 Å². The number of carbonyl (C=O) groups excluding carboxylic acids is 1. The highest BCUT2D eigenvalue weighted by atomic mass is 32.2. The Labute approximate surface area is 169 Å². The summed E-state index contributed by atoms with van der Waals surface area (Å²) in [6.45, 7) is 1.73. The second-order valence-electron chi connectivity index (χ2n) is 5.37. The van der Waals surface area contributed by atoms with E-state index in [1.165, 1.54) is 31.0 Å². The van der Waals surface area contributed by atoms with Gasteiger partial charge in [-0.15, -0.1) is 11.8 Å². The highest BCUT2D eigenvalue weighted by Gasteiger charge is 2.33. The second-order valence-corrected chi connectivity index (χ2v) is 6.57. The molecule has 0 bridgehead atoms. The fourth-order valence-corrected chi connectivity index (χ4v) is 3.38. The molecule has 0 saturated carbocycles. The molecule has 1 aromatic carbocycles. The van der Waals surface area contributed by atoms with Gasteiger partial charge < -0.3 is 9.47 Å². The van der Waals surface area contributed by atoms with Crippen LogP contribution in [0.4, 0.5) is 13.2 Å². The Hall–Kier alpha value is -2.20. The monoisotopic (exact) mass is 430 g/mol. The van der Waals surface area contributed by atoms with E-state index in [0.717, 1.165) is 6.07 Å². The van der Waals surface area contributed by atoms with Crippen molar-refractivity contribution in [1.82, 2.24) is 4.98 Å². The van der Waals surface area contributed by atoms with Crippen LogP contribution in [0.1, 0.15) is 18.2 Å². The third-order valence-electron chi connectivity index (χ3n) is 3.62. The maximum atomic E-state index is 13.0. The summed E-state index contributed by atoms with van der Waals surface area (Å²) >= 11 is 6.70. The summed E-state index contributed by atoms with van der Waals surface area (Å²) < 4.78 is 49.1. The first-order valence-corrected chi connectivity index (χ1v) is 9.69. The minimum atomic E-state index is -4.58. The quantitative estimate of drug-likeness (QED) is 0.224. The van der Waals surface area contributed by atoms with Crippen LogP contribution < -0.4 is 4.74 Å². The van der Waals surface area contributed by atoms with Crippen molar-refractivity contribution in [2.75, 3.05) is 26.5 Å². The molecule has 0 aliphatic carbocycles. The SMILES string of the molecule is CCOC(=O)CN=C(SC)C(=S)c1ccc(OC)c2nc(C(F)(F)F)ccc12. The average molecular weight is 430 g/mol. The molecule has 0 atom stereocenters. The molecule has 0 unspecified atom stereocenters. The van der Waals surface area contributed by atoms with Crippen molar-refractivity contribution in [3.8, 4) is 5.75 Å². The number of carbonyl (C=O) groups is 1. The molecule has 1 aromatic heterocycles. The number of fused-ring (bicyclic) bond motifs is 1. The summed E-state index contributed by atoms with van der Waals surface area (Å²) in [6, 6.07) is 5.33. The molecule has 0 saturated heterocycles. The fraction of sp³-hybridized carbons (Fsp3) is 0.333. The van der Waals surface area contributed by atoms with Gasteiger partial charge in [-0.1, -0.05) is 12.2 Å². The van der Waals surface area contributed by atoms with E-state index >= 15 is 0 Å². The van der Waals surface area contributed by atoms with Crippen LogP contribution in [0.25, 0.3) is 10.9 Å². The lowest BCUT2D eigenvalue weighted by Gasteiger charge is -2.13. The number of rotatable bonds is 6. The number of alkyl halides is 3. The van der Waals surface area contributed by atoms with Crippen molar-refractivity contribution in [2.45, 2.75) is 13.1 Å². The van der Waals surface area contributed by atoms with E-state index in [0.29, 0.717) is 20.9 Å². The van der Waals surface area contributed by atoms with Crippen LogP contribution in [0.15, 0.2) is 29.3 Å². The Balaban J connectivity index is 2.52. The standard InChI is InChI=1S/C18H17F3N2O3S2/c1-4-26-14(24)9-22-17(28-3)16(27)11-5-7-12(25-2)15-10(11)6-8-13(23-15)18(19,20)21/h5-8H,4,9H2,1-3H3. The highest BCUT2D eigenvalue weighted by Crippen LogP contribution is 2.33. The van der Waals surface area contributed by atoms with Gasteiger partial charge in [-0.2, -0.15) is 13.2 Å². The number of hydrogen-bond acceptors (Lipinski definition) is 7. The van der Waals surface area contributed by atoms with Crippen LogP contribution in [-0.4, -0.2) is 47.4 Å². The molecule has 5 nitrogen and oxygen atoms in total. The number of esters is 1. The smallest absolute Gasteiger partial charge is 0.433 e. The molecule has 150 valence electrons. The number of ether oxygens (including phenoxy) is 2. The Morgan fingerprint density at radius 2 is 2.00 bits per heavy atom. The Bertz CT molecular complexity index is 930. The van der Waals surface area contributed by atoms with E-state index in [1.54, 1.807) is 19.2 Å². The number of aliphatic imine (C=N–C) groups is 1. The molecule has 0 spiro atoms. The third kappa shape index (κ3) is 4.99. The van der Waals surface area contributed by atoms with Crippen LogP contribution in [0, 0.1) is 0 Å². The minimum absolute atomic E-state index is 0.0445. The minimum Gasteiger partial charge on any atom is -0.494 e. The third-order valence-corrected chi connectivity index (χ3v) is 4.88. The first-order valence-electron chi connectivity index (χ1n) is 8.06. The van der Waals surface area contributed by atoms with Crippen molar-refractivity contribution in [2.24, 2.45) is 4.99 Å². The van der Waals surface area contributed by atoms with Crippen molar-refractivity contribution in [3.05, 3.63) is 35.5 Å². The molecule has 1 heterocycles. The fourth-order valence-electron chi connectivity index (χ4n) is 2.40. The predicted octanol–water partition coefficient (Wildman–Crippen LogP) is 4.30. The zero-order chi connectivity index (χ0) is 20.9. The average Bonchev–Trinajstić information content (AvgIpc) is 2.66. The van der Waals surface area contributed by atoms with Gasteiger partial charge in [-0.3, -0.25) is 9.79 Å². The van der Waals surface area contributed by atoms with Crippen LogP contribution >= 0.6 is 24.0 Å². The molecular formula is C18H17F3N2O3S2. The summed E-state index contributed by atoms with van der Waals surface area (Å²) in [7, 11) is 1.35. The Morgan fingerprint density at radius 1 is 1.29 bits per heavy atom. The van der Waals surface area contributed by atoms with E-state index in [-0.39, 0.29) is 24.4 Å². The summed E-state index contributed by atoms with van der Waals surface area (Å²) in [5.41, 5.74) is -0.505. The van der Waals surface area contributed by atoms with Crippen LogP contribution in [0.3, 0.4) is 0 Å². The summed E-state index contributed by atoms with van der Waals surface area (Å²) in [4.78, 5) is 19.7. The number of hydrogen-bond donors (Lipinski definition) is 0. The molecule has 10 heteroatoms. The lowest BCUT2D eigenvalue weighted by Crippen LogP contribution is -2.15. The zero-order valence-corrected chi connectivity index (χ0v) is 16.9. The molecule has 0 aliphatic rings. The number of thiocarbonyl (C=S) groups is 1. The lowest BCUT2D eigenvalue weighted by molar-refractivity contribution is -0.142. The number of methoxy groups -OCH3 is 1. The van der Waals surface area contributed by atoms with Crippen molar-refractivity contribution >= 4 is 50.8 Å². The number of aromatic nitrogens is 1. The summed E-state index contributed by atoms with van der Waals surface area (Å²) in [6.07, 6.45) is -2.84. The van der Waals surface area contributed by atoms with E-state index in [1.807, 2.05) is 0 Å². The normalized spacial score (nSPS) is 12.1. The largest absolute Gasteiger partial charge is 0.494 e. The summed E-state index contributed by atoms with van der Waals surface area (Å²) in [5.74, 6) is -0.297. The van der Waals surface area contributed by atoms with E-state index in [9.17, 15) is 18.0 Å². The van der Waals surface area contributed by atoms with Crippen molar-refractivity contribution in [1.29, 1.82) is 0 Å². The first-order chi connectivity index (χ1) is 13.2. The van der Waals surface area contributed by atoms with Crippen molar-refractivity contribution < 1.29 is 27.4 Å². The Morgan fingerprint density at radius 3 is 2.57 bits per heavy atom. The van der Waals surface area contributed by atoms with Gasteiger partial charge in [-0.05, 0) is 37.4 Å². The predicted molar refractivity (Wildman–Crippen MR) is 107 cm³/mol. The highest BCUT2D eigenvalue weighted by molar-refractivity contribution is 8.17. The molecule has 0 radical (unpaired) electrons. The van der Waals surface area contributed by atoms with Gasteiger partial charge in [0, 0.05) is 10.9 Å². The molecule has 0 amide bonds. The van der Waals surface area contributed by atoms with Crippen LogP contribution in [0.2, 0.25) is 0 Å². The topological polar surface area (TPSA) is 60.8 Å². The van der Waals surface area contributed by atoms with Crippen molar-refractivity contribution in [3.63, 3.8) is 0 Å². The van der Waals surface area contributed by atoms with Gasteiger partial charge >= 0.3 is 12.1 Å². The van der Waals surface area contributed by atoms with Gasteiger partial charge in [0.25, 0.3) is 0 Å². The second kappa shape index (κ2) is 9.33. The molecule has 0 fully saturated rings. The van der Waals surface area contributed by atoms with Gasteiger partial charge in [0.15, 0.2) is 0 Å². The molecule has 2 rings (SSSR count). The molecule has 2 aromatic rings.